The van der Waals surface area contributed by atoms with E-state index in [4.69, 9.17) is 0 Å². The maximum absolute atomic E-state index is 13.0. The summed E-state index contributed by atoms with van der Waals surface area (Å²) in [4.78, 5) is 21.4. The molecule has 0 aliphatic carbocycles. The highest BCUT2D eigenvalue weighted by Crippen LogP contribution is 2.20. The van der Waals surface area contributed by atoms with Crippen molar-refractivity contribution in [2.45, 2.75) is 19.9 Å². The Morgan fingerprint density at radius 3 is 2.83 bits per heavy atom. The van der Waals surface area contributed by atoms with Crippen LogP contribution in [0.3, 0.4) is 0 Å². The van der Waals surface area contributed by atoms with Gasteiger partial charge in [-0.25, -0.2) is 14.2 Å². The van der Waals surface area contributed by atoms with Crippen LogP contribution in [0.1, 0.15) is 13.3 Å². The monoisotopic (exact) mass is 309 g/mol. The third-order valence-electron chi connectivity index (χ3n) is 3.84. The summed E-state index contributed by atoms with van der Waals surface area (Å²) in [6, 6.07) is 3.67. The van der Waals surface area contributed by atoms with Crippen LogP contribution in [0.4, 0.5) is 0 Å². The number of pyridine rings is 1. The van der Waals surface area contributed by atoms with Crippen LogP contribution in [-0.2, 0) is 13.6 Å². The molecule has 0 N–H and O–H groups in total. The molecule has 0 aromatic carbocycles. The summed E-state index contributed by atoms with van der Waals surface area (Å²) in [7, 11) is 1.88. The van der Waals surface area contributed by atoms with Crippen molar-refractivity contribution in [3.8, 4) is 11.4 Å². The first-order valence-corrected chi connectivity index (χ1v) is 7.41. The predicted octanol–water partition coefficient (Wildman–Crippen LogP) is 1.25. The first-order valence-electron chi connectivity index (χ1n) is 7.41. The average molecular weight is 309 g/mol. The van der Waals surface area contributed by atoms with Gasteiger partial charge in [-0.15, -0.1) is 10.2 Å². The SMILES string of the molecule is CCCn1c(=O)n2c(-c3cccnc3)nnc2c2c1ncn2C. The third-order valence-corrected chi connectivity index (χ3v) is 3.84. The predicted molar refractivity (Wildman–Crippen MR) is 85.0 cm³/mol. The van der Waals surface area contributed by atoms with Crippen molar-refractivity contribution in [3.05, 3.63) is 41.3 Å². The lowest BCUT2D eigenvalue weighted by Gasteiger charge is -2.08. The zero-order valence-corrected chi connectivity index (χ0v) is 12.8. The van der Waals surface area contributed by atoms with Gasteiger partial charge in [0.15, 0.2) is 17.1 Å². The molecule has 4 heterocycles. The Labute approximate surface area is 131 Å². The van der Waals surface area contributed by atoms with Crippen molar-refractivity contribution in [1.29, 1.82) is 0 Å². The molecule has 0 unspecified atom stereocenters. The minimum absolute atomic E-state index is 0.183. The number of hydrogen-bond donors (Lipinski definition) is 0. The Morgan fingerprint density at radius 1 is 1.22 bits per heavy atom. The second kappa shape index (κ2) is 5.01. The van der Waals surface area contributed by atoms with Gasteiger partial charge in [0.2, 0.25) is 0 Å². The topological polar surface area (TPSA) is 82.9 Å². The molecule has 0 aliphatic rings. The molecule has 0 atom stereocenters. The van der Waals surface area contributed by atoms with Gasteiger partial charge in [-0.05, 0) is 18.6 Å². The summed E-state index contributed by atoms with van der Waals surface area (Å²) < 4.78 is 5.07. The van der Waals surface area contributed by atoms with Crippen molar-refractivity contribution in [3.63, 3.8) is 0 Å². The molecule has 8 nitrogen and oxygen atoms in total. The van der Waals surface area contributed by atoms with Gasteiger partial charge < -0.3 is 4.57 Å². The summed E-state index contributed by atoms with van der Waals surface area (Å²) in [5, 5.41) is 8.45. The molecule has 116 valence electrons. The minimum atomic E-state index is -0.183. The quantitative estimate of drug-likeness (QED) is 0.569. The van der Waals surface area contributed by atoms with Gasteiger partial charge in [-0.3, -0.25) is 9.55 Å². The molecule has 0 amide bonds. The molecule has 0 radical (unpaired) electrons. The standard InChI is InChI=1S/C15H15N7O/c1-3-7-21-13-11(20(2)9-17-13)14-19-18-12(22(14)15(21)23)10-5-4-6-16-8-10/h4-6,8-9H,3,7H2,1-2H3. The van der Waals surface area contributed by atoms with Crippen LogP contribution in [0.2, 0.25) is 0 Å². The van der Waals surface area contributed by atoms with E-state index in [1.165, 1.54) is 4.40 Å². The van der Waals surface area contributed by atoms with Crippen molar-refractivity contribution in [1.82, 2.24) is 33.7 Å². The Balaban J connectivity index is 2.18. The zero-order valence-electron chi connectivity index (χ0n) is 12.8. The molecule has 4 aromatic rings. The van der Waals surface area contributed by atoms with Crippen molar-refractivity contribution >= 4 is 16.8 Å². The molecule has 4 aromatic heterocycles. The van der Waals surface area contributed by atoms with Crippen LogP contribution >= 0.6 is 0 Å². The lowest BCUT2D eigenvalue weighted by molar-refractivity contribution is 0.648. The van der Waals surface area contributed by atoms with Gasteiger partial charge in [-0.1, -0.05) is 6.92 Å². The summed E-state index contributed by atoms with van der Waals surface area (Å²) in [5.41, 5.74) is 2.51. The minimum Gasteiger partial charge on any atom is -0.329 e. The number of rotatable bonds is 3. The van der Waals surface area contributed by atoms with Gasteiger partial charge in [-0.2, -0.15) is 0 Å². The molecule has 23 heavy (non-hydrogen) atoms. The largest absolute Gasteiger partial charge is 0.337 e. The summed E-state index contributed by atoms with van der Waals surface area (Å²) in [6.45, 7) is 2.62. The van der Waals surface area contributed by atoms with Crippen molar-refractivity contribution in [2.75, 3.05) is 0 Å². The molecule has 0 aliphatic heterocycles. The second-order valence-electron chi connectivity index (χ2n) is 5.39. The first-order chi connectivity index (χ1) is 11.2. The van der Waals surface area contributed by atoms with E-state index < -0.39 is 0 Å². The highest BCUT2D eigenvalue weighted by Gasteiger charge is 2.19. The molecular formula is C15H15N7O. The third kappa shape index (κ3) is 1.88. The van der Waals surface area contributed by atoms with E-state index >= 15 is 0 Å². The van der Waals surface area contributed by atoms with Gasteiger partial charge >= 0.3 is 5.69 Å². The lowest BCUT2D eigenvalue weighted by Crippen LogP contribution is -2.28. The van der Waals surface area contributed by atoms with E-state index in [-0.39, 0.29) is 5.69 Å². The number of hydrogen-bond acceptors (Lipinski definition) is 5. The van der Waals surface area contributed by atoms with Crippen LogP contribution in [0, 0.1) is 0 Å². The van der Waals surface area contributed by atoms with E-state index in [2.05, 4.69) is 20.2 Å². The Bertz CT molecular complexity index is 1060. The molecule has 0 fully saturated rings. The van der Waals surface area contributed by atoms with Crippen LogP contribution in [0.15, 0.2) is 35.6 Å². The number of nitrogens with zero attached hydrogens (tertiary/aromatic N) is 7. The normalized spacial score (nSPS) is 11.6. The Hall–Kier alpha value is -3.03. The fraction of sp³-hybridized carbons (Fsp3) is 0.267. The fourth-order valence-corrected chi connectivity index (χ4v) is 2.81. The van der Waals surface area contributed by atoms with E-state index in [0.29, 0.717) is 23.7 Å². The highest BCUT2D eigenvalue weighted by atomic mass is 16.1. The van der Waals surface area contributed by atoms with Crippen molar-refractivity contribution < 1.29 is 0 Å². The Morgan fingerprint density at radius 2 is 2.09 bits per heavy atom. The van der Waals surface area contributed by atoms with Crippen LogP contribution in [0.25, 0.3) is 28.2 Å². The van der Waals surface area contributed by atoms with Gasteiger partial charge in [0.05, 0.1) is 6.33 Å². The molecule has 0 saturated carbocycles. The van der Waals surface area contributed by atoms with E-state index in [1.54, 1.807) is 23.3 Å². The number of aryl methyl sites for hydroxylation is 2. The Kier molecular flexibility index (Phi) is 2.97. The summed E-state index contributed by atoms with van der Waals surface area (Å²) in [6.07, 6.45) is 5.88. The van der Waals surface area contributed by atoms with Gasteiger partial charge in [0.25, 0.3) is 0 Å². The summed E-state index contributed by atoms with van der Waals surface area (Å²) >= 11 is 0. The van der Waals surface area contributed by atoms with E-state index in [0.717, 1.165) is 17.5 Å². The van der Waals surface area contributed by atoms with Gasteiger partial charge in [0.1, 0.15) is 5.52 Å². The average Bonchev–Trinajstić information content (AvgIpc) is 3.16. The maximum Gasteiger partial charge on any atom is 0.337 e. The molecule has 8 heteroatoms. The molecule has 0 spiro atoms. The first kappa shape index (κ1) is 13.6. The molecule has 0 bridgehead atoms. The van der Waals surface area contributed by atoms with E-state index in [1.807, 2.05) is 30.7 Å². The van der Waals surface area contributed by atoms with E-state index in [9.17, 15) is 4.79 Å². The molecular weight excluding hydrogens is 294 g/mol. The smallest absolute Gasteiger partial charge is 0.329 e. The number of fused-ring (bicyclic) bond motifs is 3. The van der Waals surface area contributed by atoms with Crippen LogP contribution in [-0.4, -0.2) is 33.7 Å². The van der Waals surface area contributed by atoms with Crippen molar-refractivity contribution in [2.24, 2.45) is 7.05 Å². The van der Waals surface area contributed by atoms with Crippen LogP contribution in [0.5, 0.6) is 0 Å². The fourth-order valence-electron chi connectivity index (χ4n) is 2.81. The zero-order chi connectivity index (χ0) is 16.0. The van der Waals surface area contributed by atoms with Gasteiger partial charge in [0, 0.05) is 31.5 Å². The number of aromatic nitrogens is 7. The molecule has 0 saturated heterocycles. The number of imidazole rings is 1. The maximum atomic E-state index is 13.0. The lowest BCUT2D eigenvalue weighted by atomic mass is 10.3. The molecule has 4 rings (SSSR count). The summed E-state index contributed by atoms with van der Waals surface area (Å²) in [5.74, 6) is 0.492. The highest BCUT2D eigenvalue weighted by molar-refractivity contribution is 5.86. The second-order valence-corrected chi connectivity index (χ2v) is 5.39. The van der Waals surface area contributed by atoms with Crippen LogP contribution < -0.4 is 5.69 Å².